The third kappa shape index (κ3) is 10.6. The van der Waals surface area contributed by atoms with Crippen molar-refractivity contribution in [2.75, 3.05) is 13.1 Å². The molecule has 0 aliphatic carbocycles. The predicted octanol–water partition coefficient (Wildman–Crippen LogP) is 20.2. The molecule has 2 aliphatic rings. The highest BCUT2D eigenvalue weighted by molar-refractivity contribution is 6.43. The molecule has 0 saturated heterocycles. The van der Waals surface area contributed by atoms with Gasteiger partial charge in [-0.3, -0.25) is 29.0 Å². The zero-order valence-electron chi connectivity index (χ0n) is 53.1. The molecule has 10 heteroatoms. The summed E-state index contributed by atoms with van der Waals surface area (Å²) in [5.41, 5.74) is 11.7. The van der Waals surface area contributed by atoms with Crippen LogP contribution in [0, 0.1) is 17.9 Å². The van der Waals surface area contributed by atoms with Crippen molar-refractivity contribution in [3.05, 3.63) is 171 Å². The second kappa shape index (κ2) is 25.9. The number of nitriles is 1. The van der Waals surface area contributed by atoms with Gasteiger partial charge in [0.25, 0.3) is 23.6 Å². The average Bonchev–Trinajstić information content (AvgIpc) is 0.951. The highest BCUT2D eigenvalue weighted by Crippen LogP contribution is 2.50. The maximum Gasteiger partial charge on any atom is 0.261 e. The van der Waals surface area contributed by atoms with Crippen LogP contribution in [0.4, 0.5) is 5.69 Å². The average molecular weight is 1190 g/mol. The van der Waals surface area contributed by atoms with Crippen LogP contribution in [-0.4, -0.2) is 55.7 Å². The fourth-order valence-corrected chi connectivity index (χ4v) is 15.4. The lowest BCUT2D eigenvalue weighted by Crippen LogP contribution is -2.41. The molecule has 4 amide bonds. The molecule has 13 rings (SSSR count). The Labute approximate surface area is 528 Å². The molecule has 0 N–H and O–H groups in total. The minimum Gasteiger partial charge on any atom is -0.340 e. The van der Waals surface area contributed by atoms with E-state index in [1.165, 1.54) is 131 Å². The number of unbranched alkanes of at least 4 members (excludes halogenated alkanes) is 12. The topological polar surface area (TPSA) is 113 Å². The molecule has 2 aliphatic heterocycles. The molecule has 2 aromatic heterocycles. The van der Waals surface area contributed by atoms with Crippen LogP contribution in [0.1, 0.15) is 213 Å². The molecule has 90 heavy (non-hydrogen) atoms. The Kier molecular flexibility index (Phi) is 17.3. The predicted molar refractivity (Wildman–Crippen MR) is 369 cm³/mol. The van der Waals surface area contributed by atoms with Crippen molar-refractivity contribution in [3.63, 3.8) is 0 Å². The van der Waals surface area contributed by atoms with Gasteiger partial charge in [-0.25, -0.2) is 4.85 Å². The van der Waals surface area contributed by atoms with Crippen molar-refractivity contribution in [2.45, 2.75) is 182 Å². The Morgan fingerprint density at radius 2 is 0.711 bits per heavy atom. The SMILES string of the molecule is [C-]#[N+]c1cc2c3c(ccc4c5c(C#N)cc6c7c(ccc(c1c34)c75)C(=O)N(CCCn1c3ccc(CCCCCC)cc3c3cc(CCCCCC)ccc31)C6=O)C(=O)N(CCCn1c3ccc(CCCCCC)cc3c3cc(CCCCCC)ccc31)C2=O. The van der Waals surface area contributed by atoms with Gasteiger partial charge in [-0.1, -0.05) is 141 Å². The molecule has 11 aromatic rings. The maximum absolute atomic E-state index is 15.0. The summed E-state index contributed by atoms with van der Waals surface area (Å²) in [6.07, 6.45) is 24.5. The first-order valence-electron chi connectivity index (χ1n) is 34.0. The van der Waals surface area contributed by atoms with Crippen molar-refractivity contribution in [2.24, 2.45) is 0 Å². The number of aryl methyl sites for hydroxylation is 6. The first-order valence-corrected chi connectivity index (χ1v) is 34.0. The third-order valence-electron chi connectivity index (χ3n) is 20.0. The normalized spacial score (nSPS) is 13.4. The second-order valence-electron chi connectivity index (χ2n) is 25.9. The molecule has 10 nitrogen and oxygen atoms in total. The van der Waals surface area contributed by atoms with E-state index in [9.17, 15) is 24.4 Å². The summed E-state index contributed by atoms with van der Waals surface area (Å²) >= 11 is 0. The van der Waals surface area contributed by atoms with Crippen molar-refractivity contribution in [1.82, 2.24) is 18.9 Å². The van der Waals surface area contributed by atoms with Crippen LogP contribution in [0.15, 0.2) is 109 Å². The Bertz CT molecular complexity index is 4320. The fraction of sp³-hybridized carbons (Fsp3) is 0.375. The molecule has 0 unspecified atom stereocenters. The monoisotopic (exact) mass is 1190 g/mol. The van der Waals surface area contributed by atoms with Gasteiger partial charge in [-0.15, -0.1) is 0 Å². The van der Waals surface area contributed by atoms with Gasteiger partial charge in [0.05, 0.1) is 23.8 Å². The van der Waals surface area contributed by atoms with Crippen LogP contribution >= 0.6 is 0 Å². The first kappa shape index (κ1) is 60.1. The van der Waals surface area contributed by atoms with E-state index in [1.54, 1.807) is 24.3 Å². The minimum absolute atomic E-state index is 0.172. The molecular formula is C80H82N6O4. The fourth-order valence-electron chi connectivity index (χ4n) is 15.4. The lowest BCUT2D eigenvalue weighted by molar-refractivity contribution is 0.0592. The van der Waals surface area contributed by atoms with E-state index in [4.69, 9.17) is 6.57 Å². The summed E-state index contributed by atoms with van der Waals surface area (Å²) in [5.74, 6) is -1.73. The summed E-state index contributed by atoms with van der Waals surface area (Å²) < 4.78 is 4.70. The molecule has 456 valence electrons. The van der Waals surface area contributed by atoms with E-state index in [0.29, 0.717) is 80.1 Å². The van der Waals surface area contributed by atoms with Crippen molar-refractivity contribution in [1.29, 1.82) is 5.26 Å². The number of rotatable bonds is 28. The molecule has 4 heterocycles. The Morgan fingerprint density at radius 1 is 0.356 bits per heavy atom. The zero-order valence-corrected chi connectivity index (χ0v) is 53.1. The minimum atomic E-state index is -0.462. The number of hydrogen-bond acceptors (Lipinski definition) is 5. The number of carbonyl (C=O) groups is 4. The van der Waals surface area contributed by atoms with E-state index in [-0.39, 0.29) is 35.5 Å². The Morgan fingerprint density at radius 3 is 1.08 bits per heavy atom. The van der Waals surface area contributed by atoms with E-state index in [1.807, 2.05) is 12.1 Å². The van der Waals surface area contributed by atoms with Gasteiger partial charge in [0, 0.05) is 103 Å². The van der Waals surface area contributed by atoms with Gasteiger partial charge in [0.1, 0.15) is 0 Å². The number of imide groups is 2. The van der Waals surface area contributed by atoms with E-state index in [2.05, 4.69) is 121 Å². The molecule has 0 spiro atoms. The number of aromatic nitrogens is 2. The summed E-state index contributed by atoms with van der Waals surface area (Å²) in [5, 5.41) is 20.3. The smallest absolute Gasteiger partial charge is 0.261 e. The van der Waals surface area contributed by atoms with E-state index < -0.39 is 23.6 Å². The number of hydrogen-bond donors (Lipinski definition) is 0. The molecule has 0 radical (unpaired) electrons. The van der Waals surface area contributed by atoms with Crippen LogP contribution < -0.4 is 0 Å². The number of fused-ring (bicyclic) bond motifs is 8. The summed E-state index contributed by atoms with van der Waals surface area (Å²) in [6, 6.07) is 40.3. The van der Waals surface area contributed by atoms with Crippen LogP contribution in [0.3, 0.4) is 0 Å². The quantitative estimate of drug-likeness (QED) is 0.0159. The van der Waals surface area contributed by atoms with Crippen molar-refractivity contribution >= 4 is 116 Å². The lowest BCUT2D eigenvalue weighted by atomic mass is 9.80. The summed E-state index contributed by atoms with van der Waals surface area (Å²) in [6.45, 7) is 19.1. The summed E-state index contributed by atoms with van der Waals surface area (Å²) in [4.78, 5) is 66.6. The Hall–Kier alpha value is -8.86. The number of nitrogens with zero attached hydrogens (tertiary/aromatic N) is 6. The zero-order chi connectivity index (χ0) is 62.2. The Balaban J connectivity index is 0.795. The largest absolute Gasteiger partial charge is 0.340 e. The van der Waals surface area contributed by atoms with Gasteiger partial charge < -0.3 is 9.13 Å². The number of carbonyl (C=O) groups excluding carboxylic acids is 4. The molecule has 0 saturated carbocycles. The van der Waals surface area contributed by atoms with Gasteiger partial charge in [0.2, 0.25) is 0 Å². The maximum atomic E-state index is 15.0. The van der Waals surface area contributed by atoms with E-state index >= 15 is 0 Å². The highest BCUT2D eigenvalue weighted by Gasteiger charge is 2.38. The number of benzene rings is 9. The molecule has 9 aromatic carbocycles. The molecule has 0 fully saturated rings. The van der Waals surface area contributed by atoms with Gasteiger partial charge in [0.15, 0.2) is 5.69 Å². The van der Waals surface area contributed by atoms with Gasteiger partial charge in [-0.2, -0.15) is 5.26 Å². The number of amides is 4. The van der Waals surface area contributed by atoms with E-state index in [0.717, 1.165) is 73.4 Å². The summed E-state index contributed by atoms with van der Waals surface area (Å²) in [7, 11) is 0. The van der Waals surface area contributed by atoms with Crippen LogP contribution in [0.5, 0.6) is 0 Å². The molecule has 0 bridgehead atoms. The molecule has 0 atom stereocenters. The van der Waals surface area contributed by atoms with Crippen molar-refractivity contribution < 1.29 is 19.2 Å². The van der Waals surface area contributed by atoms with Gasteiger partial charge >= 0.3 is 0 Å². The van der Waals surface area contributed by atoms with Crippen molar-refractivity contribution in [3.8, 4) is 6.07 Å². The standard InChI is InChI=1S/C80H82N6O4/c1-6-10-14-18-24-51-28-36-67-60(44-51)61-45-52(25-19-15-11-7-2)29-37-68(61)83(67)40-22-42-85-77(87)58-35-33-57-74-66(82-5)49-65-73-59(34-32-56(76(73)74)71-55(50-81)48-64(79(85)89)72(58)75(57)71)78(88)86(80(65)90)43-23-41-84-69-38-30-53(26-20-16-12-8-3)46-62(69)63-47-54(31-39-70(63)84)27-21-17-13-9-4/h28-39,44-49H,6-27,40-43H2,1-4H3. The molecular weight excluding hydrogens is 1110 g/mol. The first-order chi connectivity index (χ1) is 44.1. The lowest BCUT2D eigenvalue weighted by Gasteiger charge is -2.31. The van der Waals surface area contributed by atoms with Crippen LogP contribution in [-0.2, 0) is 38.8 Å². The second-order valence-corrected chi connectivity index (χ2v) is 25.9. The van der Waals surface area contributed by atoms with Gasteiger partial charge in [-0.05, 0) is 186 Å². The third-order valence-corrected chi connectivity index (χ3v) is 20.0. The van der Waals surface area contributed by atoms with Crippen LogP contribution in [0.25, 0.3) is 91.5 Å². The van der Waals surface area contributed by atoms with Crippen LogP contribution in [0.2, 0.25) is 0 Å². The highest BCUT2D eigenvalue weighted by atomic mass is 16.2.